The van der Waals surface area contributed by atoms with E-state index < -0.39 is 52.9 Å². The van der Waals surface area contributed by atoms with Gasteiger partial charge in [-0.25, -0.2) is 13.6 Å². The molecule has 5 atom stereocenters. The number of pyridine rings is 1. The summed E-state index contributed by atoms with van der Waals surface area (Å²) in [5.41, 5.74) is 1.95. The third kappa shape index (κ3) is 10.9. The second kappa shape index (κ2) is 23.2. The first-order valence-corrected chi connectivity index (χ1v) is 27.1. The highest BCUT2D eigenvalue weighted by atomic mass is 19.1. The van der Waals surface area contributed by atoms with Crippen molar-refractivity contribution < 1.29 is 56.4 Å². The average Bonchev–Trinajstić information content (AvgIpc) is 4.16. The zero-order valence-corrected chi connectivity index (χ0v) is 44.4. The monoisotopic (exact) mass is 1100 g/mol. The van der Waals surface area contributed by atoms with Gasteiger partial charge in [-0.05, 0) is 68.2 Å². The Morgan fingerprint density at radius 2 is 1.69 bits per heavy atom. The number of nitrogens with zero attached hydrogens (tertiary/aromatic N) is 7. The van der Waals surface area contributed by atoms with Gasteiger partial charge in [0.1, 0.15) is 42.1 Å². The van der Waals surface area contributed by atoms with Gasteiger partial charge in [0.2, 0.25) is 11.8 Å². The standard InChI is InChI=1S/C58H62F2N10O10/c1-4-40-45(59)13-8-35-6-5-7-42(48(35)40)50-49(60)51-44(28-62-50)52(68-30-37-9-10-38(31-68)63-37)66-56(65-51)80-33-58-17-16-39(69(58)29-34(2)27-58)32-79-57(75)67(3)19-21-77-23-25-78-24-22-76-20-18-61-36-11-12-41-43(26-36)55(74)70(54(41)73)46-14-15-47(71)64-53(46)72/h1,5-8,11-13,26,28,37-39,46,61,63H,2,9-10,14-25,27,29-33H2,3H3,(H,64,71,72)/t37?,38?,39-,46?,58?/m0/s1. The van der Waals surface area contributed by atoms with Gasteiger partial charge in [0, 0.05) is 87.2 Å². The van der Waals surface area contributed by atoms with Crippen molar-refractivity contribution in [1.82, 2.24) is 40.3 Å². The van der Waals surface area contributed by atoms with Crippen molar-refractivity contribution in [3.8, 4) is 29.6 Å². The molecule has 2 aromatic heterocycles. The molecule has 5 fully saturated rings. The number of carbonyl (C=O) groups is 5. The van der Waals surface area contributed by atoms with E-state index in [1.54, 1.807) is 55.7 Å². The van der Waals surface area contributed by atoms with E-state index in [9.17, 15) is 24.0 Å². The van der Waals surface area contributed by atoms with Gasteiger partial charge in [0.05, 0.1) is 67.3 Å². The van der Waals surface area contributed by atoms with E-state index in [1.807, 2.05) is 0 Å². The van der Waals surface area contributed by atoms with Crippen molar-refractivity contribution in [1.29, 1.82) is 0 Å². The molecule has 4 unspecified atom stereocenters. The van der Waals surface area contributed by atoms with Gasteiger partial charge in [-0.3, -0.25) is 39.3 Å². The summed E-state index contributed by atoms with van der Waals surface area (Å²) in [6.45, 7) is 9.28. The molecule has 80 heavy (non-hydrogen) atoms. The fraction of sp³-hybridized carbons (Fsp3) is 0.448. The number of rotatable bonds is 21. The molecular weight excluding hydrogens is 1030 g/mol. The zero-order valence-electron chi connectivity index (χ0n) is 44.4. The van der Waals surface area contributed by atoms with Crippen LogP contribution in [0.5, 0.6) is 6.01 Å². The molecule has 0 saturated carbocycles. The van der Waals surface area contributed by atoms with Crippen LogP contribution >= 0.6 is 0 Å². The lowest BCUT2D eigenvalue weighted by atomic mass is 9.94. The number of terminal acetylenes is 1. The molecule has 22 heteroatoms. The number of ether oxygens (including phenoxy) is 5. The average molecular weight is 1100 g/mol. The van der Waals surface area contributed by atoms with E-state index in [2.05, 4.69) is 43.2 Å². The Balaban J connectivity index is 0.624. The first-order valence-electron chi connectivity index (χ1n) is 27.1. The van der Waals surface area contributed by atoms with Crippen LogP contribution in [0.1, 0.15) is 71.2 Å². The third-order valence-electron chi connectivity index (χ3n) is 16.0. The Morgan fingerprint density at radius 1 is 0.925 bits per heavy atom. The molecule has 5 aromatic rings. The summed E-state index contributed by atoms with van der Waals surface area (Å²) in [6.07, 6.45) is 11.2. The molecule has 0 spiro atoms. The molecule has 5 saturated heterocycles. The largest absolute Gasteiger partial charge is 0.461 e. The van der Waals surface area contributed by atoms with Crippen molar-refractivity contribution in [3.05, 3.63) is 95.2 Å². The van der Waals surface area contributed by atoms with Gasteiger partial charge in [0.15, 0.2) is 5.82 Å². The number of hydrogen-bond donors (Lipinski definition) is 3. The van der Waals surface area contributed by atoms with Crippen LogP contribution in [0.3, 0.4) is 0 Å². The minimum atomic E-state index is -1.02. The maximum absolute atomic E-state index is 17.2. The molecule has 6 aliphatic rings. The number of likely N-dealkylation sites (N-methyl/N-ethyl adjacent to an activating group) is 1. The summed E-state index contributed by atoms with van der Waals surface area (Å²) in [5, 5.41) is 10.5. The highest BCUT2D eigenvalue weighted by Gasteiger charge is 2.52. The van der Waals surface area contributed by atoms with E-state index >= 15 is 8.78 Å². The molecule has 5 amide bonds. The van der Waals surface area contributed by atoms with Crippen molar-refractivity contribution in [2.75, 3.05) is 103 Å². The van der Waals surface area contributed by atoms with Crippen LogP contribution in [0.4, 0.5) is 25.1 Å². The first kappa shape index (κ1) is 54.3. The molecule has 418 valence electrons. The summed E-state index contributed by atoms with van der Waals surface area (Å²) in [5.74, 6) is -0.517. The van der Waals surface area contributed by atoms with E-state index in [1.165, 1.54) is 11.0 Å². The second-order valence-corrected chi connectivity index (χ2v) is 21.3. The highest BCUT2D eigenvalue weighted by Crippen LogP contribution is 2.45. The van der Waals surface area contributed by atoms with Crippen LogP contribution in [0.2, 0.25) is 0 Å². The van der Waals surface area contributed by atoms with Gasteiger partial charge in [-0.2, -0.15) is 9.97 Å². The van der Waals surface area contributed by atoms with Gasteiger partial charge < -0.3 is 44.1 Å². The molecule has 8 heterocycles. The number of nitrogens with one attached hydrogen (secondary N) is 3. The number of halogens is 2. The Labute approximate surface area is 460 Å². The van der Waals surface area contributed by atoms with E-state index in [-0.39, 0.29) is 84.7 Å². The summed E-state index contributed by atoms with van der Waals surface area (Å²) in [7, 11) is 1.66. The molecule has 3 N–H and O–H groups in total. The van der Waals surface area contributed by atoms with Crippen molar-refractivity contribution >= 4 is 62.9 Å². The Morgan fingerprint density at radius 3 is 2.46 bits per heavy atom. The van der Waals surface area contributed by atoms with Crippen LogP contribution in [0, 0.1) is 24.0 Å². The maximum atomic E-state index is 17.2. The fourth-order valence-corrected chi connectivity index (χ4v) is 12.1. The normalized spacial score (nSPS) is 22.5. The smallest absolute Gasteiger partial charge is 0.409 e. The Kier molecular flexibility index (Phi) is 15.7. The number of benzene rings is 3. The third-order valence-corrected chi connectivity index (χ3v) is 16.0. The number of piperidine rings is 1. The molecular formula is C58H62F2N10O10. The molecule has 6 aliphatic heterocycles. The molecule has 3 aromatic carbocycles. The number of hydrogen-bond acceptors (Lipinski definition) is 17. The predicted octanol–water partition coefficient (Wildman–Crippen LogP) is 5.22. The molecule has 0 radical (unpaired) electrons. The first-order chi connectivity index (χ1) is 38.8. The lowest BCUT2D eigenvalue weighted by Crippen LogP contribution is -2.54. The minimum absolute atomic E-state index is 0.0141. The number of piperazine rings is 1. The van der Waals surface area contributed by atoms with Crippen LogP contribution in [0.25, 0.3) is 32.9 Å². The summed E-state index contributed by atoms with van der Waals surface area (Å²) in [6, 6.07) is 12.4. The van der Waals surface area contributed by atoms with Crippen molar-refractivity contribution in [2.45, 2.75) is 74.7 Å². The second-order valence-electron chi connectivity index (χ2n) is 21.3. The summed E-state index contributed by atoms with van der Waals surface area (Å²) in [4.78, 5) is 84.3. The Bertz CT molecular complexity index is 3330. The van der Waals surface area contributed by atoms with Gasteiger partial charge in [-0.1, -0.05) is 42.3 Å². The number of amides is 5. The van der Waals surface area contributed by atoms with Crippen LogP contribution in [0.15, 0.2) is 66.9 Å². The lowest BCUT2D eigenvalue weighted by Gasteiger charge is -2.35. The van der Waals surface area contributed by atoms with Crippen LogP contribution < -0.4 is 25.6 Å². The fourth-order valence-electron chi connectivity index (χ4n) is 12.1. The van der Waals surface area contributed by atoms with E-state index in [0.29, 0.717) is 105 Å². The summed E-state index contributed by atoms with van der Waals surface area (Å²) < 4.78 is 61.6. The predicted molar refractivity (Wildman–Crippen MR) is 290 cm³/mol. The van der Waals surface area contributed by atoms with Crippen molar-refractivity contribution in [3.63, 3.8) is 0 Å². The molecule has 11 rings (SSSR count). The van der Waals surface area contributed by atoms with Crippen LogP contribution in [-0.2, 0) is 28.5 Å². The van der Waals surface area contributed by atoms with E-state index in [0.717, 1.165) is 36.2 Å². The molecule has 2 bridgehead atoms. The lowest BCUT2D eigenvalue weighted by molar-refractivity contribution is -0.136. The number of aromatic nitrogens is 3. The minimum Gasteiger partial charge on any atom is -0.461 e. The number of fused-ring (bicyclic) bond motifs is 6. The summed E-state index contributed by atoms with van der Waals surface area (Å²) >= 11 is 0. The number of carbonyl (C=O) groups excluding carboxylic acids is 5. The topological polar surface area (TPSA) is 219 Å². The highest BCUT2D eigenvalue weighted by molar-refractivity contribution is 6.23. The molecule has 20 nitrogen and oxygen atoms in total. The van der Waals surface area contributed by atoms with Gasteiger partial charge in [0.25, 0.3) is 11.8 Å². The molecule has 0 aliphatic carbocycles. The SMILES string of the molecule is C#Cc1c(F)ccc2cccc(-c3ncc4c(N5CC6CCC(C5)N6)nc(OCC56CC[C@@H](COC(=O)N(C)CCOCCOCCOCCNc7ccc8c(c7)C(=O)N(C7CCC(=O)NC7=O)C8=O)N5CC(=C)C6)nc4c3F)c12. The maximum Gasteiger partial charge on any atom is 0.409 e. The van der Waals surface area contributed by atoms with Crippen LogP contribution in [-0.4, -0.2) is 182 Å². The number of anilines is 2. The van der Waals surface area contributed by atoms with E-state index in [4.69, 9.17) is 40.1 Å². The number of imide groups is 2. The Hall–Kier alpha value is -7.68. The zero-order chi connectivity index (χ0) is 55.7. The van der Waals surface area contributed by atoms with Crippen molar-refractivity contribution in [2.24, 2.45) is 0 Å². The van der Waals surface area contributed by atoms with Gasteiger partial charge >= 0.3 is 12.1 Å². The van der Waals surface area contributed by atoms with Gasteiger partial charge in [-0.15, -0.1) is 6.42 Å². The quantitative estimate of drug-likeness (QED) is 0.0371.